The molecule has 7 nitrogen and oxygen atoms in total. The highest BCUT2D eigenvalue weighted by Crippen LogP contribution is 2.25. The van der Waals surface area contributed by atoms with E-state index in [1.807, 2.05) is 32.0 Å². The number of rotatable bonds is 5. The summed E-state index contributed by atoms with van der Waals surface area (Å²) in [5, 5.41) is 3.23. The lowest BCUT2D eigenvalue weighted by atomic mass is 10.1. The van der Waals surface area contributed by atoms with E-state index < -0.39 is 24.4 Å². The molecule has 0 spiro atoms. The quantitative estimate of drug-likeness (QED) is 0.565. The number of aryl methyl sites for hydroxylation is 1. The summed E-state index contributed by atoms with van der Waals surface area (Å²) in [4.78, 5) is 34.6. The third-order valence-electron chi connectivity index (χ3n) is 3.73. The van der Waals surface area contributed by atoms with Gasteiger partial charge in [0.15, 0.2) is 6.61 Å². The van der Waals surface area contributed by atoms with E-state index in [2.05, 4.69) is 16.2 Å². The fourth-order valence-electron chi connectivity index (χ4n) is 2.20. The SMILES string of the molecule is CC(=O)NNC(=O)COC(=O)c1ccccc1Nc1cccc(C)c1C. The molecule has 0 aliphatic heterocycles. The molecular weight excluding hydrogens is 334 g/mol. The van der Waals surface area contributed by atoms with E-state index in [0.29, 0.717) is 11.3 Å². The third-order valence-corrected chi connectivity index (χ3v) is 3.73. The molecule has 7 heteroatoms. The van der Waals surface area contributed by atoms with Crippen LogP contribution in [0.1, 0.15) is 28.4 Å². The second kappa shape index (κ2) is 8.66. The number of benzene rings is 2. The average molecular weight is 355 g/mol. The van der Waals surface area contributed by atoms with Crippen molar-refractivity contribution in [3.63, 3.8) is 0 Å². The zero-order valence-electron chi connectivity index (χ0n) is 14.9. The van der Waals surface area contributed by atoms with Crippen LogP contribution in [0, 0.1) is 13.8 Å². The van der Waals surface area contributed by atoms with Crippen LogP contribution in [0.5, 0.6) is 0 Å². The van der Waals surface area contributed by atoms with Crippen LogP contribution in [0.2, 0.25) is 0 Å². The van der Waals surface area contributed by atoms with Crippen LogP contribution in [-0.2, 0) is 14.3 Å². The number of carbonyl (C=O) groups is 3. The number of nitrogens with one attached hydrogen (secondary N) is 3. The molecule has 0 atom stereocenters. The Hall–Kier alpha value is -3.35. The largest absolute Gasteiger partial charge is 0.452 e. The second-order valence-corrected chi connectivity index (χ2v) is 5.72. The highest BCUT2D eigenvalue weighted by atomic mass is 16.5. The van der Waals surface area contributed by atoms with Crippen LogP contribution in [0.15, 0.2) is 42.5 Å². The molecule has 0 aromatic heterocycles. The third kappa shape index (κ3) is 5.07. The standard InChI is InChI=1S/C19H21N3O4/c1-12-7-6-10-16(13(12)2)20-17-9-5-4-8-15(17)19(25)26-11-18(24)22-21-14(3)23/h4-10,20H,11H2,1-3H3,(H,21,23)(H,22,24). The van der Waals surface area contributed by atoms with Crippen LogP contribution in [0.25, 0.3) is 0 Å². The van der Waals surface area contributed by atoms with Gasteiger partial charge in [-0.05, 0) is 43.2 Å². The molecule has 3 N–H and O–H groups in total. The molecule has 0 bridgehead atoms. The molecule has 0 aliphatic carbocycles. The number of ether oxygens (including phenoxy) is 1. The molecule has 2 amide bonds. The van der Waals surface area contributed by atoms with Crippen molar-refractivity contribution < 1.29 is 19.1 Å². The van der Waals surface area contributed by atoms with Crippen molar-refractivity contribution in [2.75, 3.05) is 11.9 Å². The van der Waals surface area contributed by atoms with Crippen LogP contribution < -0.4 is 16.2 Å². The first kappa shape index (κ1) is 19.0. The lowest BCUT2D eigenvalue weighted by Gasteiger charge is -2.14. The Morgan fingerprint density at radius 2 is 1.62 bits per heavy atom. The second-order valence-electron chi connectivity index (χ2n) is 5.72. The Bertz CT molecular complexity index is 833. The van der Waals surface area contributed by atoms with Gasteiger partial charge in [-0.3, -0.25) is 20.4 Å². The van der Waals surface area contributed by atoms with Crippen molar-refractivity contribution in [3.8, 4) is 0 Å². The molecule has 26 heavy (non-hydrogen) atoms. The van der Waals surface area contributed by atoms with Gasteiger partial charge in [-0.2, -0.15) is 0 Å². The maximum Gasteiger partial charge on any atom is 0.340 e. The summed E-state index contributed by atoms with van der Waals surface area (Å²) < 4.78 is 5.01. The minimum absolute atomic E-state index is 0.306. The first-order valence-corrected chi connectivity index (χ1v) is 8.03. The van der Waals surface area contributed by atoms with Crippen molar-refractivity contribution in [1.82, 2.24) is 10.9 Å². The van der Waals surface area contributed by atoms with Crippen molar-refractivity contribution in [1.29, 1.82) is 0 Å². The van der Waals surface area contributed by atoms with Gasteiger partial charge in [-0.1, -0.05) is 24.3 Å². The Labute approximate surface area is 151 Å². The number of anilines is 2. The van der Waals surface area contributed by atoms with Crippen LogP contribution in [0.3, 0.4) is 0 Å². The smallest absolute Gasteiger partial charge is 0.340 e. The molecule has 0 fully saturated rings. The van der Waals surface area contributed by atoms with Gasteiger partial charge in [0.1, 0.15) is 0 Å². The van der Waals surface area contributed by atoms with Gasteiger partial charge < -0.3 is 10.1 Å². The Kier molecular flexibility index (Phi) is 6.32. The Morgan fingerprint density at radius 1 is 0.923 bits per heavy atom. The molecule has 2 aromatic rings. The van der Waals surface area contributed by atoms with E-state index in [1.165, 1.54) is 6.92 Å². The number of para-hydroxylation sites is 1. The first-order chi connectivity index (χ1) is 12.4. The predicted octanol–water partition coefficient (Wildman–Crippen LogP) is 2.37. The lowest BCUT2D eigenvalue weighted by Crippen LogP contribution is -2.42. The summed E-state index contributed by atoms with van der Waals surface area (Å²) in [6, 6.07) is 12.7. The summed E-state index contributed by atoms with van der Waals surface area (Å²) >= 11 is 0. The Morgan fingerprint density at radius 3 is 2.35 bits per heavy atom. The van der Waals surface area contributed by atoms with Gasteiger partial charge in [-0.15, -0.1) is 0 Å². The predicted molar refractivity (Wildman–Crippen MR) is 97.9 cm³/mol. The van der Waals surface area contributed by atoms with Gasteiger partial charge in [0.05, 0.1) is 11.3 Å². The van der Waals surface area contributed by atoms with E-state index in [-0.39, 0.29) is 0 Å². The minimum Gasteiger partial charge on any atom is -0.452 e. The van der Waals surface area contributed by atoms with Crippen molar-refractivity contribution >= 4 is 29.2 Å². The van der Waals surface area contributed by atoms with Crippen LogP contribution >= 0.6 is 0 Å². The van der Waals surface area contributed by atoms with Crippen LogP contribution in [-0.4, -0.2) is 24.4 Å². The van der Waals surface area contributed by atoms with E-state index >= 15 is 0 Å². The minimum atomic E-state index is -0.642. The fraction of sp³-hybridized carbons (Fsp3) is 0.211. The van der Waals surface area contributed by atoms with Gasteiger partial charge in [0.2, 0.25) is 5.91 Å². The number of esters is 1. The Balaban J connectivity index is 2.08. The topological polar surface area (TPSA) is 96.5 Å². The van der Waals surface area contributed by atoms with Gasteiger partial charge in [-0.25, -0.2) is 4.79 Å². The van der Waals surface area contributed by atoms with Gasteiger partial charge in [0, 0.05) is 12.6 Å². The van der Waals surface area contributed by atoms with E-state index in [4.69, 9.17) is 4.74 Å². The highest BCUT2D eigenvalue weighted by molar-refractivity contribution is 5.97. The fourth-order valence-corrected chi connectivity index (χ4v) is 2.20. The summed E-state index contributed by atoms with van der Waals surface area (Å²) in [6.45, 7) is 4.75. The summed E-state index contributed by atoms with van der Waals surface area (Å²) in [5.41, 5.74) is 8.22. The van der Waals surface area contributed by atoms with Crippen LogP contribution in [0.4, 0.5) is 11.4 Å². The molecule has 0 unspecified atom stereocenters. The zero-order valence-corrected chi connectivity index (χ0v) is 14.9. The van der Waals surface area contributed by atoms with Gasteiger partial charge >= 0.3 is 5.97 Å². The first-order valence-electron chi connectivity index (χ1n) is 8.03. The zero-order chi connectivity index (χ0) is 19.1. The maximum absolute atomic E-state index is 12.3. The average Bonchev–Trinajstić information content (AvgIpc) is 2.62. The normalized spacial score (nSPS) is 9.96. The van der Waals surface area contributed by atoms with Crippen molar-refractivity contribution in [3.05, 3.63) is 59.2 Å². The van der Waals surface area contributed by atoms with Crippen molar-refractivity contribution in [2.45, 2.75) is 20.8 Å². The summed E-state index contributed by atoms with van der Waals surface area (Å²) in [5.74, 6) is -1.70. The summed E-state index contributed by atoms with van der Waals surface area (Å²) in [7, 11) is 0. The molecule has 0 heterocycles. The number of amides is 2. The number of carbonyl (C=O) groups excluding carboxylic acids is 3. The van der Waals surface area contributed by atoms with Crippen molar-refractivity contribution in [2.24, 2.45) is 0 Å². The molecule has 0 saturated carbocycles. The summed E-state index contributed by atoms with van der Waals surface area (Å²) in [6.07, 6.45) is 0. The molecule has 2 rings (SSSR count). The maximum atomic E-state index is 12.3. The lowest BCUT2D eigenvalue weighted by molar-refractivity contribution is -0.129. The van der Waals surface area contributed by atoms with Gasteiger partial charge in [0.25, 0.3) is 5.91 Å². The monoisotopic (exact) mass is 355 g/mol. The molecule has 0 radical (unpaired) electrons. The number of hydrazine groups is 1. The molecule has 0 saturated heterocycles. The molecular formula is C19H21N3O4. The van der Waals surface area contributed by atoms with E-state index in [0.717, 1.165) is 16.8 Å². The molecule has 2 aromatic carbocycles. The van der Waals surface area contributed by atoms with E-state index in [9.17, 15) is 14.4 Å². The molecule has 0 aliphatic rings. The molecule has 136 valence electrons. The number of hydrogen-bond acceptors (Lipinski definition) is 5. The number of hydrogen-bond donors (Lipinski definition) is 3. The van der Waals surface area contributed by atoms with E-state index in [1.54, 1.807) is 24.3 Å². The highest BCUT2D eigenvalue weighted by Gasteiger charge is 2.15.